The number of carbonyl (C=O) groups excluding carboxylic acids is 2. The molecule has 8 heteroatoms. The molecular weight excluding hydrogens is 412 g/mol. The number of hydrogen-bond acceptors (Lipinski definition) is 5. The van der Waals surface area contributed by atoms with Gasteiger partial charge in [0.05, 0.1) is 25.6 Å². The zero-order valence-electron chi connectivity index (χ0n) is 17.8. The molecule has 0 radical (unpaired) electrons. The van der Waals surface area contributed by atoms with Gasteiger partial charge in [0.25, 0.3) is 12.4 Å². The van der Waals surface area contributed by atoms with Crippen molar-refractivity contribution in [2.24, 2.45) is 0 Å². The predicted molar refractivity (Wildman–Crippen MR) is 115 cm³/mol. The van der Waals surface area contributed by atoms with Crippen molar-refractivity contribution in [3.8, 4) is 5.75 Å². The van der Waals surface area contributed by atoms with Crippen molar-refractivity contribution in [2.45, 2.75) is 37.6 Å². The number of benzene rings is 2. The summed E-state index contributed by atoms with van der Waals surface area (Å²) in [5.41, 5.74) is 0.978. The number of carboxylic acid groups (broad SMARTS) is 1. The standard InChI is InChI=1S/C23H24N2O4.CH2O2/c1-2-28-18-10-8-17(9-11-18)22(27)24-13-12-23-20(24)14-21(26)25(23)15-19(29-23)16-6-4-3-5-7-16;2-1-3/h3-11,19-20H,2,12-15H2,1H3;1H,(H,2,3)/t19-,20-,23+;/m1./s1. The molecule has 8 nitrogen and oxygen atoms in total. The molecule has 3 fully saturated rings. The van der Waals surface area contributed by atoms with Crippen LogP contribution in [0.3, 0.4) is 0 Å². The highest BCUT2D eigenvalue weighted by molar-refractivity contribution is 5.96. The van der Waals surface area contributed by atoms with Crippen molar-refractivity contribution in [3.05, 3.63) is 65.7 Å². The number of amides is 2. The Morgan fingerprint density at radius 2 is 1.91 bits per heavy atom. The Morgan fingerprint density at radius 1 is 1.22 bits per heavy atom. The smallest absolute Gasteiger partial charge is 0.290 e. The summed E-state index contributed by atoms with van der Waals surface area (Å²) in [5, 5.41) is 6.89. The molecular formula is C24H26N2O6. The second kappa shape index (κ2) is 9.00. The Hall–Kier alpha value is -3.39. The van der Waals surface area contributed by atoms with E-state index in [9.17, 15) is 9.59 Å². The van der Waals surface area contributed by atoms with Crippen LogP contribution >= 0.6 is 0 Å². The van der Waals surface area contributed by atoms with E-state index in [1.807, 2.05) is 59.2 Å². The molecule has 3 saturated heterocycles. The lowest BCUT2D eigenvalue weighted by molar-refractivity contribution is -0.138. The van der Waals surface area contributed by atoms with Gasteiger partial charge in [-0.15, -0.1) is 0 Å². The molecule has 0 saturated carbocycles. The van der Waals surface area contributed by atoms with Crippen LogP contribution in [0.1, 0.15) is 41.8 Å². The van der Waals surface area contributed by atoms with Crippen LogP contribution in [0.2, 0.25) is 0 Å². The van der Waals surface area contributed by atoms with E-state index < -0.39 is 5.72 Å². The van der Waals surface area contributed by atoms with Crippen molar-refractivity contribution in [2.75, 3.05) is 19.7 Å². The van der Waals surface area contributed by atoms with Gasteiger partial charge in [0, 0.05) is 18.5 Å². The molecule has 1 N–H and O–H groups in total. The molecule has 3 aliphatic heterocycles. The molecule has 3 heterocycles. The molecule has 2 amide bonds. The molecule has 1 spiro atoms. The van der Waals surface area contributed by atoms with Gasteiger partial charge in [-0.2, -0.15) is 0 Å². The molecule has 168 valence electrons. The summed E-state index contributed by atoms with van der Waals surface area (Å²) >= 11 is 0. The second-order valence-electron chi connectivity index (χ2n) is 7.90. The van der Waals surface area contributed by atoms with Gasteiger partial charge in [-0.1, -0.05) is 30.3 Å². The first kappa shape index (κ1) is 21.8. The van der Waals surface area contributed by atoms with Crippen LogP contribution in [0.5, 0.6) is 5.75 Å². The fourth-order valence-corrected chi connectivity index (χ4v) is 4.94. The number of nitrogens with zero attached hydrogens (tertiary/aromatic N) is 2. The molecule has 0 bridgehead atoms. The second-order valence-corrected chi connectivity index (χ2v) is 7.90. The van der Waals surface area contributed by atoms with Crippen molar-refractivity contribution in [1.29, 1.82) is 0 Å². The first-order valence-electron chi connectivity index (χ1n) is 10.7. The molecule has 0 unspecified atom stereocenters. The minimum absolute atomic E-state index is 0.0589. The van der Waals surface area contributed by atoms with Crippen molar-refractivity contribution in [3.63, 3.8) is 0 Å². The minimum atomic E-state index is -0.696. The first-order chi connectivity index (χ1) is 15.5. The quantitative estimate of drug-likeness (QED) is 0.738. The van der Waals surface area contributed by atoms with E-state index in [1.165, 1.54) is 0 Å². The maximum Gasteiger partial charge on any atom is 0.290 e. The maximum atomic E-state index is 13.2. The molecule has 5 rings (SSSR count). The Labute approximate surface area is 186 Å². The number of hydrogen-bond donors (Lipinski definition) is 1. The Balaban J connectivity index is 0.000000775. The largest absolute Gasteiger partial charge is 0.494 e. The molecule has 0 aromatic heterocycles. The van der Waals surface area contributed by atoms with E-state index in [2.05, 4.69) is 0 Å². The summed E-state index contributed by atoms with van der Waals surface area (Å²) in [6.07, 6.45) is 0.822. The van der Waals surface area contributed by atoms with Gasteiger partial charge in [-0.3, -0.25) is 14.4 Å². The average Bonchev–Trinajstić information content (AvgIpc) is 3.44. The molecule has 32 heavy (non-hydrogen) atoms. The predicted octanol–water partition coefficient (Wildman–Crippen LogP) is 2.70. The first-order valence-corrected chi connectivity index (χ1v) is 10.7. The summed E-state index contributed by atoms with van der Waals surface area (Å²) in [6, 6.07) is 16.9. The Morgan fingerprint density at radius 3 is 2.56 bits per heavy atom. The van der Waals surface area contributed by atoms with Gasteiger partial charge in [-0.05, 0) is 36.8 Å². The highest BCUT2D eigenvalue weighted by Crippen LogP contribution is 2.50. The zero-order valence-corrected chi connectivity index (χ0v) is 17.8. The van der Waals surface area contributed by atoms with Gasteiger partial charge < -0.3 is 24.4 Å². The summed E-state index contributed by atoms with van der Waals surface area (Å²) in [6.45, 7) is 3.39. The topological polar surface area (TPSA) is 96.4 Å². The third kappa shape index (κ3) is 3.71. The summed E-state index contributed by atoms with van der Waals surface area (Å²) < 4.78 is 12.0. The highest BCUT2D eigenvalue weighted by Gasteiger charge is 2.65. The molecule has 3 atom stereocenters. The van der Waals surface area contributed by atoms with Crippen LogP contribution in [-0.2, 0) is 14.3 Å². The van der Waals surface area contributed by atoms with E-state index >= 15 is 0 Å². The lowest BCUT2D eigenvalue weighted by Crippen LogP contribution is -2.48. The van der Waals surface area contributed by atoms with Crippen LogP contribution in [0.4, 0.5) is 0 Å². The van der Waals surface area contributed by atoms with Gasteiger partial charge in [0.1, 0.15) is 11.9 Å². The van der Waals surface area contributed by atoms with Crippen LogP contribution in [0.25, 0.3) is 0 Å². The summed E-state index contributed by atoms with van der Waals surface area (Å²) in [5.74, 6) is 0.753. The third-order valence-corrected chi connectivity index (χ3v) is 6.27. The van der Waals surface area contributed by atoms with Crippen LogP contribution in [0.15, 0.2) is 54.6 Å². The van der Waals surface area contributed by atoms with E-state index in [1.54, 1.807) is 12.1 Å². The van der Waals surface area contributed by atoms with Crippen molar-refractivity contribution < 1.29 is 29.0 Å². The van der Waals surface area contributed by atoms with Gasteiger partial charge in [0.15, 0.2) is 5.72 Å². The normalized spacial score (nSPS) is 25.6. The van der Waals surface area contributed by atoms with Crippen molar-refractivity contribution >= 4 is 18.3 Å². The van der Waals surface area contributed by atoms with Crippen LogP contribution in [0, 0.1) is 0 Å². The van der Waals surface area contributed by atoms with E-state index in [-0.39, 0.29) is 30.4 Å². The lowest BCUT2D eigenvalue weighted by atomic mass is 10.1. The zero-order chi connectivity index (χ0) is 22.7. The van der Waals surface area contributed by atoms with E-state index in [4.69, 9.17) is 19.4 Å². The van der Waals surface area contributed by atoms with E-state index in [0.717, 1.165) is 11.3 Å². The fourth-order valence-electron chi connectivity index (χ4n) is 4.94. The van der Waals surface area contributed by atoms with Gasteiger partial charge in [-0.25, -0.2) is 0 Å². The highest BCUT2D eigenvalue weighted by atomic mass is 16.5. The maximum absolute atomic E-state index is 13.2. The van der Waals surface area contributed by atoms with Gasteiger partial charge >= 0.3 is 0 Å². The molecule has 3 aliphatic rings. The van der Waals surface area contributed by atoms with E-state index in [0.29, 0.717) is 38.1 Å². The molecule has 0 aliphatic carbocycles. The minimum Gasteiger partial charge on any atom is -0.494 e. The van der Waals surface area contributed by atoms with Crippen LogP contribution in [-0.4, -0.2) is 64.7 Å². The van der Waals surface area contributed by atoms with Crippen molar-refractivity contribution in [1.82, 2.24) is 9.80 Å². The number of rotatable bonds is 4. The average molecular weight is 438 g/mol. The molecule has 2 aromatic carbocycles. The number of carbonyl (C=O) groups is 3. The van der Waals surface area contributed by atoms with Crippen LogP contribution < -0.4 is 4.74 Å². The lowest BCUT2D eigenvalue weighted by Gasteiger charge is -2.32. The molecule has 2 aromatic rings. The summed E-state index contributed by atoms with van der Waals surface area (Å²) in [4.78, 5) is 38.0. The summed E-state index contributed by atoms with van der Waals surface area (Å²) in [7, 11) is 0. The third-order valence-electron chi connectivity index (χ3n) is 6.27. The SMILES string of the molecule is CCOc1ccc(C(=O)N2CC[C@@]34O[C@@H](c5ccccc5)CN3C(=O)C[C@@H]24)cc1.O=CO. The Kier molecular flexibility index (Phi) is 6.14. The van der Waals surface area contributed by atoms with Gasteiger partial charge in [0.2, 0.25) is 5.91 Å². The number of ether oxygens (including phenoxy) is 2. The number of likely N-dealkylation sites (tertiary alicyclic amines) is 1. The Bertz CT molecular complexity index is 980. The monoisotopic (exact) mass is 438 g/mol. The fraction of sp³-hybridized carbons (Fsp3) is 0.375.